The first-order valence-corrected chi connectivity index (χ1v) is 8.91. The Morgan fingerprint density at radius 3 is 2.31 bits per heavy atom. The number of aryl methyl sites for hydroxylation is 2. The molecule has 2 aliphatic carbocycles. The minimum atomic E-state index is -0.506. The number of unbranched alkanes of at least 4 members (excludes halogenated alkanes) is 1. The molecule has 5 nitrogen and oxygen atoms in total. The molecule has 0 aromatic heterocycles. The minimum absolute atomic E-state index is 0.215. The molecule has 26 heavy (non-hydrogen) atoms. The lowest BCUT2D eigenvalue weighted by Gasteiger charge is -2.07. The Kier molecular flexibility index (Phi) is 6.61. The van der Waals surface area contributed by atoms with E-state index in [-0.39, 0.29) is 23.5 Å². The maximum atomic E-state index is 12.8. The third-order valence-electron chi connectivity index (χ3n) is 4.21. The summed E-state index contributed by atoms with van der Waals surface area (Å²) in [4.78, 5) is 25.4. The van der Waals surface area contributed by atoms with Gasteiger partial charge in [-0.3, -0.25) is 0 Å². The first-order valence-electron chi connectivity index (χ1n) is 8.91. The molecule has 0 spiro atoms. The molecule has 0 amide bonds. The van der Waals surface area contributed by atoms with E-state index in [1.54, 1.807) is 6.92 Å². The number of rotatable bonds is 7. The van der Waals surface area contributed by atoms with Gasteiger partial charge in [-0.05, 0) is 32.8 Å². The van der Waals surface area contributed by atoms with Crippen LogP contribution in [0.2, 0.25) is 0 Å². The van der Waals surface area contributed by atoms with Gasteiger partial charge < -0.3 is 14.2 Å². The number of esters is 2. The maximum absolute atomic E-state index is 12.8. The predicted octanol–water partition coefficient (Wildman–Crippen LogP) is 4.55. The van der Waals surface area contributed by atoms with E-state index < -0.39 is 11.9 Å². The standard InChI is InChI=1S/C21H26O5/c1-6-8-11-26-20(22)17-15-10-9-13(3)12-14(4)16(15)18(19(17)24-5)21(23)25-7-2/h9-10,12H,6-8,11H2,1-5H3. The van der Waals surface area contributed by atoms with Gasteiger partial charge in [0.15, 0.2) is 0 Å². The fourth-order valence-corrected chi connectivity index (χ4v) is 3.06. The summed E-state index contributed by atoms with van der Waals surface area (Å²) in [6.07, 6.45) is 1.71. The fourth-order valence-electron chi connectivity index (χ4n) is 3.06. The van der Waals surface area contributed by atoms with Crippen LogP contribution in [0.4, 0.5) is 0 Å². The van der Waals surface area contributed by atoms with E-state index in [4.69, 9.17) is 14.2 Å². The first kappa shape index (κ1) is 19.8. The largest absolute Gasteiger partial charge is 0.495 e. The highest BCUT2D eigenvalue weighted by Crippen LogP contribution is 2.44. The molecule has 0 saturated carbocycles. The SMILES string of the molecule is CCCCOC(=O)c1c2ccc(C)cc(C)c-2c(C(=O)OCC)c1OC. The summed E-state index contributed by atoms with van der Waals surface area (Å²) in [5, 5.41) is 0. The second-order valence-electron chi connectivity index (χ2n) is 6.19. The number of carbonyl (C=O) groups excluding carboxylic acids is 2. The molecule has 0 radical (unpaired) electrons. The van der Waals surface area contributed by atoms with Crippen LogP contribution in [-0.2, 0) is 9.47 Å². The zero-order valence-electron chi connectivity index (χ0n) is 16.1. The second-order valence-corrected chi connectivity index (χ2v) is 6.19. The van der Waals surface area contributed by atoms with Gasteiger partial charge in [0.1, 0.15) is 16.9 Å². The van der Waals surface area contributed by atoms with Gasteiger partial charge in [0.25, 0.3) is 0 Å². The Bertz CT molecular complexity index is 779. The summed E-state index contributed by atoms with van der Waals surface area (Å²) in [5.41, 5.74) is 3.75. The van der Waals surface area contributed by atoms with E-state index in [0.717, 1.165) is 24.0 Å². The van der Waals surface area contributed by atoms with Crippen LogP contribution in [-0.4, -0.2) is 32.3 Å². The van der Waals surface area contributed by atoms with Crippen LogP contribution in [0.3, 0.4) is 0 Å². The average Bonchev–Trinajstić information content (AvgIpc) is 2.87. The summed E-state index contributed by atoms with van der Waals surface area (Å²) < 4.78 is 16.1. The van der Waals surface area contributed by atoms with Crippen LogP contribution >= 0.6 is 0 Å². The van der Waals surface area contributed by atoms with Crippen LogP contribution < -0.4 is 4.74 Å². The predicted molar refractivity (Wildman–Crippen MR) is 100 cm³/mol. The molecule has 0 aliphatic heterocycles. The third-order valence-corrected chi connectivity index (χ3v) is 4.21. The number of carbonyl (C=O) groups is 2. The Labute approximate surface area is 154 Å². The highest BCUT2D eigenvalue weighted by Gasteiger charge is 2.34. The number of ether oxygens (including phenoxy) is 3. The van der Waals surface area contributed by atoms with Gasteiger partial charge in [-0.15, -0.1) is 0 Å². The van der Waals surface area contributed by atoms with Gasteiger partial charge in [-0.1, -0.05) is 37.1 Å². The lowest BCUT2D eigenvalue weighted by atomic mass is 10.0. The molecule has 0 heterocycles. The zero-order chi connectivity index (χ0) is 19.3. The van der Waals surface area contributed by atoms with Gasteiger partial charge in [0, 0.05) is 11.1 Å². The summed E-state index contributed by atoms with van der Waals surface area (Å²) >= 11 is 0. The van der Waals surface area contributed by atoms with Gasteiger partial charge in [0.05, 0.1) is 20.3 Å². The molecule has 0 aromatic carbocycles. The van der Waals surface area contributed by atoms with Crippen molar-refractivity contribution in [2.45, 2.75) is 40.5 Å². The van der Waals surface area contributed by atoms with E-state index in [2.05, 4.69) is 0 Å². The fraction of sp³-hybridized carbons (Fsp3) is 0.429. The van der Waals surface area contributed by atoms with Gasteiger partial charge in [-0.25, -0.2) is 9.59 Å². The van der Waals surface area contributed by atoms with Crippen LogP contribution in [0.5, 0.6) is 5.75 Å². The summed E-state index contributed by atoms with van der Waals surface area (Å²) in [6, 6.07) is 5.71. The molecule has 0 fully saturated rings. The van der Waals surface area contributed by atoms with Gasteiger partial charge in [-0.2, -0.15) is 0 Å². The Hall–Kier alpha value is -2.56. The van der Waals surface area contributed by atoms with E-state index >= 15 is 0 Å². The van der Waals surface area contributed by atoms with Gasteiger partial charge >= 0.3 is 11.9 Å². The van der Waals surface area contributed by atoms with Crippen molar-refractivity contribution in [1.29, 1.82) is 0 Å². The van der Waals surface area contributed by atoms with Crippen LogP contribution in [0.15, 0.2) is 18.2 Å². The number of fused-ring (bicyclic) bond motifs is 1. The third kappa shape index (κ3) is 3.82. The van der Waals surface area contributed by atoms with Crippen molar-refractivity contribution in [2.75, 3.05) is 20.3 Å². The molecule has 0 unspecified atom stereocenters. The van der Waals surface area contributed by atoms with Gasteiger partial charge in [0.2, 0.25) is 0 Å². The van der Waals surface area contributed by atoms with E-state index in [1.807, 2.05) is 39.0 Å². The van der Waals surface area contributed by atoms with Crippen molar-refractivity contribution < 1.29 is 23.8 Å². The van der Waals surface area contributed by atoms with Crippen LogP contribution in [0.25, 0.3) is 11.1 Å². The van der Waals surface area contributed by atoms with Crippen molar-refractivity contribution in [3.8, 4) is 16.9 Å². The lowest BCUT2D eigenvalue weighted by molar-refractivity contribution is 0.0497. The van der Waals surface area contributed by atoms with Crippen molar-refractivity contribution in [2.24, 2.45) is 0 Å². The first-order chi connectivity index (χ1) is 12.5. The smallest absolute Gasteiger partial charge is 0.342 e. The molecule has 0 bridgehead atoms. The topological polar surface area (TPSA) is 61.8 Å². The highest BCUT2D eigenvalue weighted by atomic mass is 16.5. The number of hydrogen-bond acceptors (Lipinski definition) is 5. The molecular weight excluding hydrogens is 332 g/mol. The van der Waals surface area contributed by atoms with E-state index in [0.29, 0.717) is 17.7 Å². The van der Waals surface area contributed by atoms with Crippen molar-refractivity contribution >= 4 is 11.9 Å². The highest BCUT2D eigenvalue weighted by molar-refractivity contribution is 6.13. The Morgan fingerprint density at radius 1 is 1.00 bits per heavy atom. The second kappa shape index (κ2) is 8.70. The molecule has 140 valence electrons. The van der Waals surface area contributed by atoms with Crippen molar-refractivity contribution in [1.82, 2.24) is 0 Å². The summed E-state index contributed by atoms with van der Waals surface area (Å²) in [6.45, 7) is 8.21. The molecule has 5 heteroatoms. The molecule has 0 aromatic rings. The number of methoxy groups -OCH3 is 1. The van der Waals surface area contributed by atoms with Crippen LogP contribution in [0, 0.1) is 13.8 Å². The Morgan fingerprint density at radius 2 is 1.69 bits per heavy atom. The molecule has 2 rings (SSSR count). The molecule has 0 N–H and O–H groups in total. The summed E-state index contributed by atoms with van der Waals surface area (Å²) in [7, 11) is 1.44. The minimum Gasteiger partial charge on any atom is -0.495 e. The van der Waals surface area contributed by atoms with E-state index in [1.165, 1.54) is 7.11 Å². The van der Waals surface area contributed by atoms with Crippen LogP contribution in [0.1, 0.15) is 58.5 Å². The van der Waals surface area contributed by atoms with E-state index in [9.17, 15) is 9.59 Å². The lowest BCUT2D eigenvalue weighted by Crippen LogP contribution is -2.09. The average molecular weight is 358 g/mol. The molecule has 0 atom stereocenters. The maximum Gasteiger partial charge on any atom is 0.342 e. The van der Waals surface area contributed by atoms with Crippen molar-refractivity contribution in [3.05, 3.63) is 40.5 Å². The zero-order valence-corrected chi connectivity index (χ0v) is 16.1. The molecular formula is C21H26O5. The normalized spacial score (nSPS) is 10.7. The number of hydrogen-bond donors (Lipinski definition) is 0. The quantitative estimate of drug-likeness (QED) is 0.537. The monoisotopic (exact) mass is 358 g/mol. The summed E-state index contributed by atoms with van der Waals surface area (Å²) in [5.74, 6) is -0.778. The Balaban J connectivity index is 2.72. The van der Waals surface area contributed by atoms with Crippen molar-refractivity contribution in [3.63, 3.8) is 0 Å². The molecule has 0 saturated heterocycles. The molecule has 2 aliphatic rings.